The Morgan fingerprint density at radius 1 is 0.903 bits per heavy atom. The third-order valence-corrected chi connectivity index (χ3v) is 6.89. The summed E-state index contributed by atoms with van der Waals surface area (Å²) in [6.45, 7) is 12.1. The van der Waals surface area contributed by atoms with Crippen molar-refractivity contribution in [1.82, 2.24) is 0 Å². The van der Waals surface area contributed by atoms with Crippen molar-refractivity contribution < 1.29 is 73.1 Å². The molecule has 0 radical (unpaired) electrons. The number of fused-ring (bicyclic) bond motifs is 2. The molecule has 3 atom stereocenters. The zero-order chi connectivity index (χ0) is 17.1. The second-order valence-electron chi connectivity index (χ2n) is 8.60. The van der Waals surface area contributed by atoms with Crippen LogP contribution in [0.3, 0.4) is 0 Å². The van der Waals surface area contributed by atoms with Gasteiger partial charge in [0.2, 0.25) is 0 Å². The van der Waals surface area contributed by atoms with Gasteiger partial charge in [0.25, 0.3) is 0 Å². The lowest BCUT2D eigenvalue weighted by Gasteiger charge is -2.46. The molecular weight excluding hydrogens is 465 g/mol. The molecule has 0 amide bonds. The van der Waals surface area contributed by atoms with Crippen LogP contribution >= 0.6 is 0 Å². The average molecular weight is 507 g/mol. The number of piperazine rings is 1. The van der Waals surface area contributed by atoms with Gasteiger partial charge in [-0.1, -0.05) is 30.3 Å². The van der Waals surface area contributed by atoms with Crippen LogP contribution in [-0.2, 0) is 11.3 Å². The van der Waals surface area contributed by atoms with E-state index in [4.69, 9.17) is 4.74 Å². The summed E-state index contributed by atoms with van der Waals surface area (Å²) in [6.07, 6.45) is 4.33. The van der Waals surface area contributed by atoms with Gasteiger partial charge < -0.3 is 73.1 Å². The molecule has 1 aromatic carbocycles. The number of halogens is 3. The normalized spacial score (nSPS) is 27.9. The summed E-state index contributed by atoms with van der Waals surface area (Å²) < 4.78 is 5.55. The summed E-state index contributed by atoms with van der Waals surface area (Å²) in [5, 5.41) is 0. The minimum atomic E-state index is 0. The Bertz CT molecular complexity index is 542. The maximum Gasteiger partial charge on any atom is 0.138 e. The van der Waals surface area contributed by atoms with Gasteiger partial charge in [0.15, 0.2) is 0 Å². The highest BCUT2D eigenvalue weighted by Gasteiger charge is 2.45. The van der Waals surface area contributed by atoms with Crippen molar-refractivity contribution in [2.45, 2.75) is 50.9 Å². The number of quaternary nitrogens is 3. The number of benzene rings is 1. The Labute approximate surface area is 205 Å². The van der Waals surface area contributed by atoms with Crippen LogP contribution in [0, 0.1) is 0 Å². The quantitative estimate of drug-likeness (QED) is 0.361. The monoisotopic (exact) mass is 505 g/mol. The molecule has 3 unspecified atom stereocenters. The Morgan fingerprint density at radius 2 is 1.45 bits per heavy atom. The van der Waals surface area contributed by atoms with E-state index in [2.05, 4.69) is 37.3 Å². The molecular formula is C21H42Cl3N3O4. The van der Waals surface area contributed by atoms with E-state index in [0.29, 0.717) is 0 Å². The van der Waals surface area contributed by atoms with Gasteiger partial charge in [-0.2, -0.15) is 0 Å². The van der Waals surface area contributed by atoms with E-state index in [1.54, 1.807) is 4.90 Å². The molecule has 2 bridgehead atoms. The van der Waals surface area contributed by atoms with Crippen molar-refractivity contribution in [3.05, 3.63) is 35.9 Å². The van der Waals surface area contributed by atoms with Gasteiger partial charge >= 0.3 is 0 Å². The number of likely N-dealkylation sites (tertiary alicyclic amines) is 1. The predicted octanol–water partition coefficient (Wildman–Crippen LogP) is -13.3. The average Bonchev–Trinajstić information content (AvgIpc) is 2.64. The summed E-state index contributed by atoms with van der Waals surface area (Å²) in [5.74, 6) is 0. The van der Waals surface area contributed by atoms with Gasteiger partial charge in [0, 0.05) is 18.4 Å². The van der Waals surface area contributed by atoms with Crippen molar-refractivity contribution in [2.24, 2.45) is 0 Å². The molecule has 1 aromatic rings. The Kier molecular flexibility index (Phi) is 19.8. The molecule has 3 fully saturated rings. The summed E-state index contributed by atoms with van der Waals surface area (Å²) in [7, 11) is 0. The summed E-state index contributed by atoms with van der Waals surface area (Å²) >= 11 is 0. The fourth-order valence-corrected chi connectivity index (χ4v) is 5.55. The standard InChI is InChI=1S/C21H33N3O.3ClH.3H2O/c1-18(23-10-12-25-13-11-23)14-24-20-8-5-9-21(24)17-22(16-20)15-19-6-3-2-4-7-19;;;;;;/h2-4,6-7,18,20-21H,5,8-17H2,1H3;3*1H;3*1H2. The largest absolute Gasteiger partial charge is 1.00 e. The van der Waals surface area contributed by atoms with Crippen molar-refractivity contribution in [3.63, 3.8) is 0 Å². The van der Waals surface area contributed by atoms with Crippen LogP contribution in [0.4, 0.5) is 0 Å². The van der Waals surface area contributed by atoms with Gasteiger partial charge in [-0.05, 0) is 13.3 Å². The Hall–Kier alpha value is -0.190. The van der Waals surface area contributed by atoms with E-state index in [0.717, 1.165) is 31.3 Å². The second-order valence-corrected chi connectivity index (χ2v) is 8.60. The first kappa shape index (κ1) is 35.4. The molecule has 0 saturated carbocycles. The molecule has 0 aliphatic carbocycles. The highest BCUT2D eigenvalue weighted by Crippen LogP contribution is 2.10. The van der Waals surface area contributed by atoms with E-state index in [1.807, 2.05) is 9.80 Å². The molecule has 3 saturated heterocycles. The second kappa shape index (κ2) is 17.3. The maximum atomic E-state index is 5.55. The lowest BCUT2D eigenvalue weighted by Crippen LogP contribution is -3.35. The maximum absolute atomic E-state index is 5.55. The molecule has 3 heterocycles. The predicted molar refractivity (Wildman–Crippen MR) is 110 cm³/mol. The summed E-state index contributed by atoms with van der Waals surface area (Å²) in [5.41, 5.74) is 1.50. The van der Waals surface area contributed by atoms with E-state index in [1.165, 1.54) is 64.1 Å². The third kappa shape index (κ3) is 9.29. The lowest BCUT2D eigenvalue weighted by molar-refractivity contribution is -1.07. The van der Waals surface area contributed by atoms with E-state index < -0.39 is 0 Å². The van der Waals surface area contributed by atoms with Crippen molar-refractivity contribution >= 4 is 0 Å². The molecule has 7 nitrogen and oxygen atoms in total. The fraction of sp³-hybridized carbons (Fsp3) is 0.714. The number of rotatable bonds is 5. The fourth-order valence-electron chi connectivity index (χ4n) is 5.55. The molecule has 0 aromatic heterocycles. The SMILES string of the molecule is CC(C[NH+]1C2CCCC1C[NH+](Cc1ccccc1)C2)[NH+]1CCOCC1.O.O.O.[Cl-].[Cl-].[Cl-]. The molecule has 10 heteroatoms. The topological polar surface area (TPSA) is 117 Å². The zero-order valence-corrected chi connectivity index (χ0v) is 20.7. The van der Waals surface area contributed by atoms with Crippen LogP contribution in [-0.4, -0.2) is 80.5 Å². The van der Waals surface area contributed by atoms with Crippen LogP contribution in [0.5, 0.6) is 0 Å². The molecule has 186 valence electrons. The van der Waals surface area contributed by atoms with Crippen LogP contribution in [0.2, 0.25) is 0 Å². The van der Waals surface area contributed by atoms with E-state index >= 15 is 0 Å². The van der Waals surface area contributed by atoms with Gasteiger partial charge in [-0.25, -0.2) is 0 Å². The first-order valence-electron chi connectivity index (χ1n) is 10.4. The van der Waals surface area contributed by atoms with Crippen molar-refractivity contribution in [3.8, 4) is 0 Å². The van der Waals surface area contributed by atoms with Crippen molar-refractivity contribution in [1.29, 1.82) is 0 Å². The van der Waals surface area contributed by atoms with Crippen LogP contribution in [0.1, 0.15) is 31.7 Å². The van der Waals surface area contributed by atoms with Gasteiger partial charge in [0.1, 0.15) is 57.4 Å². The van der Waals surface area contributed by atoms with E-state index in [-0.39, 0.29) is 53.6 Å². The molecule has 0 spiro atoms. The number of hydrogen-bond donors (Lipinski definition) is 3. The highest BCUT2D eigenvalue weighted by atomic mass is 35.5. The zero-order valence-electron chi connectivity index (χ0n) is 18.4. The van der Waals surface area contributed by atoms with Gasteiger partial charge in [0.05, 0.1) is 13.2 Å². The summed E-state index contributed by atoms with van der Waals surface area (Å²) in [6, 6.07) is 13.6. The first-order valence-corrected chi connectivity index (χ1v) is 10.4. The first-order chi connectivity index (χ1) is 12.3. The van der Waals surface area contributed by atoms with Crippen LogP contribution in [0.15, 0.2) is 30.3 Å². The van der Waals surface area contributed by atoms with Gasteiger partial charge in [-0.3, -0.25) is 0 Å². The number of piperidine rings is 1. The van der Waals surface area contributed by atoms with Crippen molar-refractivity contribution in [2.75, 3.05) is 45.9 Å². The smallest absolute Gasteiger partial charge is 0.138 e. The number of hydrogen-bond acceptors (Lipinski definition) is 1. The number of nitrogens with one attached hydrogen (secondary N) is 3. The molecule has 31 heavy (non-hydrogen) atoms. The molecule has 3 aliphatic rings. The van der Waals surface area contributed by atoms with Crippen LogP contribution < -0.4 is 51.9 Å². The molecule has 9 N–H and O–H groups in total. The number of ether oxygens (including phenoxy) is 1. The minimum Gasteiger partial charge on any atom is -1.00 e. The molecule has 4 rings (SSSR count). The lowest BCUT2D eigenvalue weighted by atomic mass is 9.90. The van der Waals surface area contributed by atoms with E-state index in [9.17, 15) is 0 Å². The molecule has 3 aliphatic heterocycles. The summed E-state index contributed by atoms with van der Waals surface area (Å²) in [4.78, 5) is 5.53. The van der Waals surface area contributed by atoms with Crippen LogP contribution in [0.25, 0.3) is 0 Å². The highest BCUT2D eigenvalue weighted by molar-refractivity contribution is 5.13. The Morgan fingerprint density at radius 3 is 2.00 bits per heavy atom. The van der Waals surface area contributed by atoms with Gasteiger partial charge in [-0.15, -0.1) is 0 Å². The number of morpholine rings is 1. The minimum absolute atomic E-state index is 0. The Balaban J connectivity index is -0.00000131. The third-order valence-electron chi connectivity index (χ3n) is 6.89.